The summed E-state index contributed by atoms with van der Waals surface area (Å²) >= 11 is 6.52. The molecule has 1 aromatic carbocycles. The highest BCUT2D eigenvalue weighted by Crippen LogP contribution is 2.59. The number of pyridine rings is 1. The zero-order valence-corrected chi connectivity index (χ0v) is 18.2. The second kappa shape index (κ2) is 7.75. The minimum absolute atomic E-state index is 0.0406. The van der Waals surface area contributed by atoms with Gasteiger partial charge in [0.15, 0.2) is 5.43 Å². The predicted octanol–water partition coefficient (Wildman–Crippen LogP) is 4.74. The lowest BCUT2D eigenvalue weighted by Crippen LogP contribution is -2.32. The van der Waals surface area contributed by atoms with Gasteiger partial charge in [-0.2, -0.15) is 0 Å². The summed E-state index contributed by atoms with van der Waals surface area (Å²) in [6, 6.07) is 5.34. The van der Waals surface area contributed by atoms with Crippen molar-refractivity contribution in [3.8, 4) is 17.0 Å². The van der Waals surface area contributed by atoms with Crippen LogP contribution in [-0.2, 0) is 4.74 Å². The molecule has 1 saturated carbocycles. The van der Waals surface area contributed by atoms with Crippen molar-refractivity contribution in [2.24, 2.45) is 5.41 Å². The topological polar surface area (TPSA) is 77.8 Å². The number of rotatable bonds is 6. The first kappa shape index (κ1) is 20.9. The lowest BCUT2D eigenvalue weighted by atomic mass is 9.77. The molecule has 2 aliphatic rings. The second-order valence-electron chi connectivity index (χ2n) is 8.79. The van der Waals surface area contributed by atoms with Crippen LogP contribution in [0.2, 0.25) is 5.02 Å². The minimum atomic E-state index is -1.20. The van der Waals surface area contributed by atoms with E-state index in [9.17, 15) is 14.7 Å². The van der Waals surface area contributed by atoms with E-state index in [-0.39, 0.29) is 22.9 Å². The van der Waals surface area contributed by atoms with E-state index in [0.29, 0.717) is 29.7 Å². The van der Waals surface area contributed by atoms with Crippen molar-refractivity contribution in [2.75, 3.05) is 20.3 Å². The van der Waals surface area contributed by atoms with Crippen LogP contribution in [0, 0.1) is 5.41 Å². The van der Waals surface area contributed by atoms with Crippen LogP contribution in [-0.4, -0.2) is 36.0 Å². The highest BCUT2D eigenvalue weighted by molar-refractivity contribution is 6.32. The summed E-state index contributed by atoms with van der Waals surface area (Å²) in [5.41, 5.74) is 1.96. The van der Waals surface area contributed by atoms with Gasteiger partial charge in [-0.3, -0.25) is 4.79 Å². The van der Waals surface area contributed by atoms with Crippen molar-refractivity contribution in [3.05, 3.63) is 50.8 Å². The summed E-state index contributed by atoms with van der Waals surface area (Å²) < 4.78 is 13.0. The second-order valence-corrected chi connectivity index (χ2v) is 9.20. The smallest absolute Gasteiger partial charge is 0.341 e. The molecule has 1 N–H and O–H groups in total. The quantitative estimate of drug-likeness (QED) is 0.668. The summed E-state index contributed by atoms with van der Waals surface area (Å²) in [7, 11) is 1.66. The zero-order valence-electron chi connectivity index (χ0n) is 17.4. The Labute approximate surface area is 180 Å². The van der Waals surface area contributed by atoms with E-state index < -0.39 is 11.4 Å². The van der Waals surface area contributed by atoms with Crippen LogP contribution < -0.4 is 10.2 Å². The third-order valence-electron chi connectivity index (χ3n) is 6.42. The SMILES string of the molecule is COCCCOc1cc2c(cc1Cl)-c1cc(=O)c(C(=O)O)cn1[C@@H]1[C@H]2CCC1(C)C. The molecule has 0 spiro atoms. The first-order valence-electron chi connectivity index (χ1n) is 10.2. The molecule has 1 aromatic heterocycles. The number of methoxy groups -OCH3 is 1. The number of nitrogens with zero attached hydrogens (tertiary/aromatic N) is 1. The average molecular weight is 432 g/mol. The number of carbonyl (C=O) groups is 1. The van der Waals surface area contributed by atoms with E-state index in [1.54, 1.807) is 7.11 Å². The van der Waals surface area contributed by atoms with Gasteiger partial charge in [-0.25, -0.2) is 4.79 Å². The van der Waals surface area contributed by atoms with Crippen molar-refractivity contribution in [3.63, 3.8) is 0 Å². The van der Waals surface area contributed by atoms with Gasteiger partial charge in [0.2, 0.25) is 0 Å². The Kier molecular flexibility index (Phi) is 5.41. The van der Waals surface area contributed by atoms with Gasteiger partial charge in [-0.05, 0) is 36.0 Å². The van der Waals surface area contributed by atoms with Gasteiger partial charge in [-0.15, -0.1) is 0 Å². The molecule has 0 amide bonds. The summed E-state index contributed by atoms with van der Waals surface area (Å²) in [5, 5.41) is 9.95. The third-order valence-corrected chi connectivity index (χ3v) is 6.72. The Hall–Kier alpha value is -2.31. The molecule has 0 bridgehead atoms. The molecule has 1 fully saturated rings. The molecule has 30 heavy (non-hydrogen) atoms. The molecule has 0 unspecified atom stereocenters. The molecule has 0 radical (unpaired) electrons. The molecule has 0 saturated heterocycles. The maximum atomic E-state index is 12.5. The van der Waals surface area contributed by atoms with Crippen LogP contribution in [0.1, 0.15) is 61.0 Å². The molecular weight excluding hydrogens is 406 g/mol. The Balaban J connectivity index is 1.86. The largest absolute Gasteiger partial charge is 0.492 e. The highest BCUT2D eigenvalue weighted by atomic mass is 35.5. The Morgan fingerprint density at radius 2 is 2.07 bits per heavy atom. The molecule has 6 nitrogen and oxygen atoms in total. The fourth-order valence-electron chi connectivity index (χ4n) is 5.02. The van der Waals surface area contributed by atoms with Gasteiger partial charge in [0.25, 0.3) is 0 Å². The number of hydrogen-bond donors (Lipinski definition) is 1. The number of carboxylic acids is 1. The fourth-order valence-corrected chi connectivity index (χ4v) is 5.24. The fraction of sp³-hybridized carbons (Fsp3) is 0.478. The third kappa shape index (κ3) is 3.42. The molecule has 4 rings (SSSR count). The maximum Gasteiger partial charge on any atom is 0.341 e. The van der Waals surface area contributed by atoms with Crippen LogP contribution in [0.4, 0.5) is 0 Å². The van der Waals surface area contributed by atoms with Gasteiger partial charge in [0, 0.05) is 49.9 Å². The first-order chi connectivity index (χ1) is 14.2. The van der Waals surface area contributed by atoms with Crippen LogP contribution in [0.3, 0.4) is 0 Å². The van der Waals surface area contributed by atoms with E-state index in [2.05, 4.69) is 13.8 Å². The molecule has 2 aromatic rings. The van der Waals surface area contributed by atoms with Crippen LogP contribution in [0.5, 0.6) is 5.75 Å². The Morgan fingerprint density at radius 1 is 1.30 bits per heavy atom. The summed E-state index contributed by atoms with van der Waals surface area (Å²) in [5.74, 6) is -0.371. The molecule has 1 aliphatic carbocycles. The van der Waals surface area contributed by atoms with Crippen LogP contribution >= 0.6 is 11.6 Å². The van der Waals surface area contributed by atoms with Crippen molar-refractivity contribution in [2.45, 2.75) is 45.1 Å². The molecule has 2 heterocycles. The summed E-state index contributed by atoms with van der Waals surface area (Å²) in [6.45, 7) is 5.51. The molecular formula is C23H26ClNO5. The lowest BCUT2D eigenvalue weighted by Gasteiger charge is -2.40. The average Bonchev–Trinajstić information content (AvgIpc) is 3.01. The number of ether oxygens (including phenoxy) is 2. The van der Waals surface area contributed by atoms with Crippen molar-refractivity contribution in [1.29, 1.82) is 0 Å². The molecule has 1 aliphatic heterocycles. The van der Waals surface area contributed by atoms with Crippen molar-refractivity contribution >= 4 is 17.6 Å². The monoisotopic (exact) mass is 431 g/mol. The standard InChI is InChI=1S/C23H26ClNO5/c1-23(2)6-5-13-14-10-20(30-8-4-7-29-3)17(24)9-15(14)18-11-19(26)16(22(27)28)12-25(18)21(13)23/h9-13,21H,4-8H2,1-3H3,(H,27,28)/t13-,21+/m0/s1. The number of fused-ring (bicyclic) bond motifs is 6. The number of aromatic nitrogens is 1. The van der Waals surface area contributed by atoms with Crippen molar-refractivity contribution in [1.82, 2.24) is 4.57 Å². The van der Waals surface area contributed by atoms with Crippen molar-refractivity contribution < 1.29 is 19.4 Å². The Bertz CT molecular complexity index is 1060. The number of benzene rings is 1. The van der Waals surface area contributed by atoms with Gasteiger partial charge in [-0.1, -0.05) is 25.4 Å². The van der Waals surface area contributed by atoms with Crippen LogP contribution in [0.15, 0.2) is 29.2 Å². The predicted molar refractivity (Wildman–Crippen MR) is 115 cm³/mol. The lowest BCUT2D eigenvalue weighted by molar-refractivity contribution is 0.0693. The maximum absolute atomic E-state index is 12.5. The number of carboxylic acid groups (broad SMARTS) is 1. The summed E-state index contributed by atoms with van der Waals surface area (Å²) in [6.07, 6.45) is 4.25. The Morgan fingerprint density at radius 3 is 2.77 bits per heavy atom. The molecule has 7 heteroatoms. The molecule has 2 atom stereocenters. The normalized spacial score (nSPS) is 20.9. The van der Waals surface area contributed by atoms with E-state index in [4.69, 9.17) is 21.1 Å². The van der Waals surface area contributed by atoms with E-state index in [0.717, 1.165) is 30.4 Å². The number of hydrogen-bond acceptors (Lipinski definition) is 4. The summed E-state index contributed by atoms with van der Waals surface area (Å²) in [4.78, 5) is 24.1. The number of aromatic carboxylic acids is 1. The van der Waals surface area contributed by atoms with E-state index >= 15 is 0 Å². The van der Waals surface area contributed by atoms with Crippen LogP contribution in [0.25, 0.3) is 11.3 Å². The van der Waals surface area contributed by atoms with E-state index in [1.807, 2.05) is 16.7 Å². The minimum Gasteiger partial charge on any atom is -0.492 e. The van der Waals surface area contributed by atoms with Gasteiger partial charge < -0.3 is 19.1 Å². The van der Waals surface area contributed by atoms with E-state index in [1.165, 1.54) is 12.3 Å². The highest BCUT2D eigenvalue weighted by Gasteiger charge is 2.47. The zero-order chi connectivity index (χ0) is 21.6. The molecule has 160 valence electrons. The number of halogens is 1. The van der Waals surface area contributed by atoms with Gasteiger partial charge >= 0.3 is 5.97 Å². The first-order valence-corrected chi connectivity index (χ1v) is 10.6. The van der Waals surface area contributed by atoms with Gasteiger partial charge in [0.1, 0.15) is 11.3 Å². The van der Waals surface area contributed by atoms with Gasteiger partial charge in [0.05, 0.1) is 17.3 Å².